The first-order valence-electron chi connectivity index (χ1n) is 6.26. The molecule has 0 radical (unpaired) electrons. The lowest BCUT2D eigenvalue weighted by Crippen LogP contribution is -1.97. The Hall–Kier alpha value is -1.76. The Labute approximate surface area is 137 Å². The number of nitrogens with zero attached hydrogens (tertiary/aromatic N) is 1. The zero-order chi connectivity index (χ0) is 15.2. The number of ether oxygens (including phenoxy) is 1. The van der Waals surface area contributed by atoms with Crippen LogP contribution < -0.4 is 4.74 Å². The predicted molar refractivity (Wildman–Crippen MR) is 91.9 cm³/mol. The highest BCUT2D eigenvalue weighted by Gasteiger charge is 2.03. The van der Waals surface area contributed by atoms with E-state index in [1.165, 1.54) is 0 Å². The van der Waals surface area contributed by atoms with Crippen LogP contribution in [0, 0.1) is 19.3 Å². The van der Waals surface area contributed by atoms with Crippen molar-refractivity contribution < 1.29 is 4.74 Å². The number of rotatable bonds is 4. The molecule has 0 saturated carbocycles. The van der Waals surface area contributed by atoms with E-state index in [1.54, 1.807) is 6.21 Å². The molecule has 2 nitrogen and oxygen atoms in total. The van der Waals surface area contributed by atoms with Gasteiger partial charge >= 0.3 is 0 Å². The third kappa shape index (κ3) is 4.35. The van der Waals surface area contributed by atoms with Gasteiger partial charge in [0, 0.05) is 21.3 Å². The summed E-state index contributed by atoms with van der Waals surface area (Å²) in [4.78, 5) is 4.48. The average molecular weight is 363 g/mol. The molecule has 2 aromatic rings. The molecule has 0 bridgehead atoms. The molecule has 0 spiro atoms. The zero-order valence-corrected chi connectivity index (χ0v) is 13.8. The lowest BCUT2D eigenvalue weighted by atomic mass is 10.2. The van der Waals surface area contributed by atoms with Crippen LogP contribution >= 0.6 is 27.5 Å². The van der Waals surface area contributed by atoms with Crippen molar-refractivity contribution in [2.75, 3.05) is 6.61 Å². The largest absolute Gasteiger partial charge is 0.480 e. The quantitative estimate of drug-likeness (QED) is 0.543. The van der Waals surface area contributed by atoms with Gasteiger partial charge in [-0.25, -0.2) is 0 Å². The molecule has 0 unspecified atom stereocenters. The molecule has 106 valence electrons. The van der Waals surface area contributed by atoms with Crippen molar-refractivity contribution in [2.45, 2.75) is 6.92 Å². The number of benzene rings is 2. The fourth-order valence-corrected chi connectivity index (χ4v) is 2.28. The molecule has 4 heteroatoms. The van der Waals surface area contributed by atoms with Crippen LogP contribution in [0.15, 0.2) is 45.9 Å². The van der Waals surface area contributed by atoms with Crippen molar-refractivity contribution >= 4 is 39.4 Å². The van der Waals surface area contributed by atoms with E-state index in [1.807, 2.05) is 43.3 Å². The summed E-state index contributed by atoms with van der Waals surface area (Å²) in [6, 6.07) is 11.3. The van der Waals surface area contributed by atoms with Crippen molar-refractivity contribution in [3.63, 3.8) is 0 Å². The summed E-state index contributed by atoms with van der Waals surface area (Å²) in [5, 5.41) is 0.658. The number of aliphatic imine (C=N–C) groups is 1. The Morgan fingerprint density at radius 3 is 2.90 bits per heavy atom. The van der Waals surface area contributed by atoms with Gasteiger partial charge in [0.25, 0.3) is 0 Å². The molecule has 0 amide bonds. The smallest absolute Gasteiger partial charge is 0.148 e. The van der Waals surface area contributed by atoms with Crippen molar-refractivity contribution in [1.82, 2.24) is 0 Å². The SMILES string of the molecule is C#CCOc1ccc(Br)cc1C=Nc1cc(Cl)ccc1C. The maximum Gasteiger partial charge on any atom is 0.148 e. The molecule has 0 heterocycles. The van der Waals surface area contributed by atoms with Crippen molar-refractivity contribution in [1.29, 1.82) is 0 Å². The van der Waals surface area contributed by atoms with Gasteiger partial charge < -0.3 is 4.74 Å². The highest BCUT2D eigenvalue weighted by Crippen LogP contribution is 2.25. The van der Waals surface area contributed by atoms with E-state index in [2.05, 4.69) is 26.8 Å². The highest BCUT2D eigenvalue weighted by atomic mass is 79.9. The normalized spacial score (nSPS) is 10.6. The summed E-state index contributed by atoms with van der Waals surface area (Å²) >= 11 is 9.43. The average Bonchev–Trinajstić information content (AvgIpc) is 2.47. The van der Waals surface area contributed by atoms with E-state index in [0.29, 0.717) is 10.8 Å². The Balaban J connectivity index is 2.33. The second-order valence-electron chi connectivity index (χ2n) is 4.36. The Morgan fingerprint density at radius 2 is 2.14 bits per heavy atom. The fourth-order valence-electron chi connectivity index (χ4n) is 1.73. The Bertz CT molecular complexity index is 719. The molecular formula is C17H13BrClNO. The summed E-state index contributed by atoms with van der Waals surface area (Å²) in [6.07, 6.45) is 6.97. The third-order valence-corrected chi connectivity index (χ3v) is 3.53. The van der Waals surface area contributed by atoms with Crippen LogP contribution in [0.2, 0.25) is 5.02 Å². The van der Waals surface area contributed by atoms with Gasteiger partial charge in [-0.3, -0.25) is 4.99 Å². The summed E-state index contributed by atoms with van der Waals surface area (Å²) < 4.78 is 6.45. The topological polar surface area (TPSA) is 21.6 Å². The van der Waals surface area contributed by atoms with Gasteiger partial charge in [-0.1, -0.05) is 39.5 Å². The summed E-state index contributed by atoms with van der Waals surface area (Å²) in [5.41, 5.74) is 2.72. The van der Waals surface area contributed by atoms with Crippen LogP contribution in [0.1, 0.15) is 11.1 Å². The van der Waals surface area contributed by atoms with E-state index in [0.717, 1.165) is 21.3 Å². The van der Waals surface area contributed by atoms with Gasteiger partial charge in [-0.05, 0) is 42.8 Å². The molecule has 21 heavy (non-hydrogen) atoms. The van der Waals surface area contributed by atoms with Gasteiger partial charge in [0.15, 0.2) is 0 Å². The number of hydrogen-bond donors (Lipinski definition) is 0. The van der Waals surface area contributed by atoms with E-state index >= 15 is 0 Å². The van der Waals surface area contributed by atoms with Crippen LogP contribution in [0.25, 0.3) is 0 Å². The molecular weight excluding hydrogens is 350 g/mol. The second kappa shape index (κ2) is 7.31. The van der Waals surface area contributed by atoms with E-state index in [-0.39, 0.29) is 6.61 Å². The Morgan fingerprint density at radius 1 is 1.33 bits per heavy atom. The maximum atomic E-state index is 6.00. The van der Waals surface area contributed by atoms with E-state index in [9.17, 15) is 0 Å². The van der Waals surface area contributed by atoms with Crippen molar-refractivity contribution in [3.05, 3.63) is 57.0 Å². The van der Waals surface area contributed by atoms with Gasteiger partial charge in [-0.15, -0.1) is 6.42 Å². The number of terminal acetylenes is 1. The molecule has 0 atom stereocenters. The molecule has 0 aliphatic carbocycles. The minimum atomic E-state index is 0.221. The highest BCUT2D eigenvalue weighted by molar-refractivity contribution is 9.10. The maximum absolute atomic E-state index is 6.00. The number of halogens is 2. The van der Waals surface area contributed by atoms with Gasteiger partial charge in [0.2, 0.25) is 0 Å². The molecule has 0 aliphatic rings. The van der Waals surface area contributed by atoms with Crippen molar-refractivity contribution in [3.8, 4) is 18.1 Å². The third-order valence-electron chi connectivity index (χ3n) is 2.80. The molecule has 0 saturated heterocycles. The van der Waals surface area contributed by atoms with Crippen LogP contribution in [0.4, 0.5) is 5.69 Å². The molecule has 2 aromatic carbocycles. The first kappa shape index (κ1) is 15.6. The minimum absolute atomic E-state index is 0.221. The predicted octanol–water partition coefficient (Wildman–Crippen LogP) is 5.17. The van der Waals surface area contributed by atoms with Gasteiger partial charge in [0.05, 0.1) is 5.69 Å². The zero-order valence-electron chi connectivity index (χ0n) is 11.4. The van der Waals surface area contributed by atoms with Crippen LogP contribution in [0.3, 0.4) is 0 Å². The summed E-state index contributed by atoms with van der Waals surface area (Å²) in [7, 11) is 0. The standard InChI is InChI=1S/C17H13BrClNO/c1-3-8-21-17-7-5-14(18)9-13(17)11-20-16-10-15(19)6-4-12(16)2/h1,4-7,9-11H,8H2,2H3. The molecule has 0 aliphatic heterocycles. The molecule has 0 fully saturated rings. The lowest BCUT2D eigenvalue weighted by Gasteiger charge is -2.07. The number of aryl methyl sites for hydroxylation is 1. The summed E-state index contributed by atoms with van der Waals surface area (Å²) in [6.45, 7) is 2.21. The summed E-state index contributed by atoms with van der Waals surface area (Å²) in [5.74, 6) is 3.15. The monoisotopic (exact) mass is 361 g/mol. The van der Waals surface area contributed by atoms with Gasteiger partial charge in [-0.2, -0.15) is 0 Å². The minimum Gasteiger partial charge on any atom is -0.480 e. The van der Waals surface area contributed by atoms with Crippen LogP contribution in [0.5, 0.6) is 5.75 Å². The van der Waals surface area contributed by atoms with E-state index in [4.69, 9.17) is 22.8 Å². The first-order valence-corrected chi connectivity index (χ1v) is 7.43. The molecule has 0 N–H and O–H groups in total. The molecule has 0 aromatic heterocycles. The molecule has 2 rings (SSSR count). The fraction of sp³-hybridized carbons (Fsp3) is 0.118. The Kier molecular flexibility index (Phi) is 5.44. The van der Waals surface area contributed by atoms with Crippen molar-refractivity contribution in [2.24, 2.45) is 4.99 Å². The van der Waals surface area contributed by atoms with Crippen LogP contribution in [-0.4, -0.2) is 12.8 Å². The van der Waals surface area contributed by atoms with E-state index < -0.39 is 0 Å². The second-order valence-corrected chi connectivity index (χ2v) is 5.72. The van der Waals surface area contributed by atoms with Gasteiger partial charge in [0.1, 0.15) is 12.4 Å². The lowest BCUT2D eigenvalue weighted by molar-refractivity contribution is 0.370. The number of hydrogen-bond acceptors (Lipinski definition) is 2. The van der Waals surface area contributed by atoms with Crippen LogP contribution in [-0.2, 0) is 0 Å². The first-order chi connectivity index (χ1) is 10.1.